The largest absolute Gasteiger partial charge is 0.394 e. The van der Waals surface area contributed by atoms with Crippen LogP contribution < -0.4 is 5.32 Å². The maximum atomic E-state index is 13.2. The average Bonchev–Trinajstić information content (AvgIpc) is 3.34. The Bertz CT molecular complexity index is 1110. The van der Waals surface area contributed by atoms with E-state index in [1.54, 1.807) is 0 Å². The van der Waals surface area contributed by atoms with Crippen LogP contribution in [0.25, 0.3) is 0 Å². The fourth-order valence-electron chi connectivity index (χ4n) is 9.56. The summed E-state index contributed by atoms with van der Waals surface area (Å²) in [6.07, 6.45) is 42.6. The zero-order valence-corrected chi connectivity index (χ0v) is 44.1. The molecule has 1 amide bonds. The van der Waals surface area contributed by atoms with Crippen molar-refractivity contribution in [2.45, 2.75) is 332 Å². The third-order valence-electron chi connectivity index (χ3n) is 14.3. The van der Waals surface area contributed by atoms with Crippen molar-refractivity contribution in [3.8, 4) is 0 Å². The van der Waals surface area contributed by atoms with E-state index in [0.29, 0.717) is 19.3 Å². The van der Waals surface area contributed by atoms with Crippen molar-refractivity contribution < 1.29 is 50.0 Å². The quantitative estimate of drug-likeness (QED) is 0.0215. The zero-order chi connectivity index (χ0) is 49.7. The molecule has 404 valence electrons. The third-order valence-corrected chi connectivity index (χ3v) is 14.3. The Kier molecular flexibility index (Phi) is 44.7. The van der Waals surface area contributed by atoms with Gasteiger partial charge in [0.2, 0.25) is 5.91 Å². The first-order valence-corrected chi connectivity index (χ1v) is 29.1. The highest BCUT2D eigenvalue weighted by Gasteiger charge is 2.44. The normalized spacial score (nSPS) is 20.5. The maximum Gasteiger partial charge on any atom is 0.249 e. The van der Waals surface area contributed by atoms with E-state index < -0.39 is 74.2 Å². The van der Waals surface area contributed by atoms with Crippen LogP contribution >= 0.6 is 0 Å². The number of rotatable bonds is 50. The minimum atomic E-state index is -1.66. The summed E-state index contributed by atoms with van der Waals surface area (Å²) in [7, 11) is 0. The lowest BCUT2D eigenvalue weighted by Crippen LogP contribution is -2.60. The predicted octanol–water partition coefficient (Wildman–Crippen LogP) is 12.0. The first-order valence-electron chi connectivity index (χ1n) is 29.1. The van der Waals surface area contributed by atoms with Crippen LogP contribution in [0.1, 0.15) is 277 Å². The van der Waals surface area contributed by atoms with Crippen molar-refractivity contribution in [3.63, 3.8) is 0 Å². The Morgan fingerprint density at radius 2 is 0.853 bits per heavy atom. The molecule has 1 aliphatic rings. The van der Waals surface area contributed by atoms with Crippen LogP contribution in [-0.4, -0.2) is 110 Å². The molecule has 11 nitrogen and oxygen atoms in total. The molecule has 68 heavy (non-hydrogen) atoms. The van der Waals surface area contributed by atoms with Gasteiger partial charge in [-0.3, -0.25) is 4.79 Å². The van der Waals surface area contributed by atoms with Gasteiger partial charge in [-0.2, -0.15) is 0 Å². The van der Waals surface area contributed by atoms with E-state index in [9.17, 15) is 40.5 Å². The second kappa shape index (κ2) is 46.9. The number of hydrogen-bond donors (Lipinski definition) is 8. The highest BCUT2D eigenvalue weighted by Crippen LogP contribution is 2.23. The molecule has 11 heteroatoms. The van der Waals surface area contributed by atoms with Gasteiger partial charge in [-0.1, -0.05) is 251 Å². The summed E-state index contributed by atoms with van der Waals surface area (Å²) < 4.78 is 11.1. The first-order chi connectivity index (χ1) is 33.2. The van der Waals surface area contributed by atoms with E-state index in [2.05, 4.69) is 31.3 Å². The molecule has 0 radical (unpaired) electrons. The molecule has 0 aliphatic carbocycles. The number of allylic oxidation sites excluding steroid dienone is 2. The molecule has 1 saturated heterocycles. The smallest absolute Gasteiger partial charge is 0.249 e. The molecule has 9 atom stereocenters. The van der Waals surface area contributed by atoms with Gasteiger partial charge in [0, 0.05) is 0 Å². The predicted molar refractivity (Wildman–Crippen MR) is 279 cm³/mol. The number of hydrogen-bond acceptors (Lipinski definition) is 10. The molecule has 0 aromatic rings. The Labute approximate surface area is 417 Å². The fourth-order valence-corrected chi connectivity index (χ4v) is 9.56. The Morgan fingerprint density at radius 1 is 0.500 bits per heavy atom. The Hall–Kier alpha value is -1.15. The number of carbonyl (C=O) groups is 1. The minimum Gasteiger partial charge on any atom is -0.394 e. The summed E-state index contributed by atoms with van der Waals surface area (Å²) in [5, 5.41) is 76.2. The summed E-state index contributed by atoms with van der Waals surface area (Å²) in [4.78, 5) is 13.2. The molecule has 1 aliphatic heterocycles. The first kappa shape index (κ1) is 64.9. The van der Waals surface area contributed by atoms with Crippen molar-refractivity contribution >= 4 is 5.91 Å². The molecule has 1 fully saturated rings. The fraction of sp³-hybridized carbons (Fsp3) is 0.947. The number of unbranched alkanes of at least 4 members (excludes halogenated alkanes) is 36. The monoisotopic (exact) mass is 970 g/mol. The third kappa shape index (κ3) is 35.1. The molecular weight excluding hydrogens is 859 g/mol. The molecular formula is C57H111NO10. The van der Waals surface area contributed by atoms with E-state index in [1.165, 1.54) is 186 Å². The molecule has 0 aromatic carbocycles. The lowest BCUT2D eigenvalue weighted by Gasteiger charge is -2.40. The standard InChI is InChI=1S/C57H111NO10/c1-3-5-7-9-11-13-15-17-19-21-23-24-25-27-28-30-32-34-36-38-40-42-44-49(60)52(62)48(47-67-57-55(65)54(64)53(63)51(46-59)68-57)58-56(66)50(61)45-43-41-39-37-35-33-31-29-26-22-20-18-16-14-12-10-8-6-4-2/h26,29,48-55,57,59-65H,3-25,27-28,30-47H2,1-2H3,(H,58,66)/b29-26-. The molecule has 1 rings (SSSR count). The number of amides is 1. The van der Waals surface area contributed by atoms with Gasteiger partial charge in [-0.25, -0.2) is 0 Å². The number of ether oxygens (including phenoxy) is 2. The Balaban J connectivity index is 2.32. The van der Waals surface area contributed by atoms with Gasteiger partial charge in [0.1, 0.15) is 36.6 Å². The van der Waals surface area contributed by atoms with Crippen molar-refractivity contribution in [1.82, 2.24) is 5.32 Å². The number of nitrogens with one attached hydrogen (secondary N) is 1. The Morgan fingerprint density at radius 3 is 1.24 bits per heavy atom. The topological polar surface area (TPSA) is 189 Å². The van der Waals surface area contributed by atoms with Crippen LogP contribution in [-0.2, 0) is 14.3 Å². The van der Waals surface area contributed by atoms with Gasteiger partial charge in [0.15, 0.2) is 6.29 Å². The van der Waals surface area contributed by atoms with Crippen LogP contribution in [0.5, 0.6) is 0 Å². The summed E-state index contributed by atoms with van der Waals surface area (Å²) in [6.45, 7) is 3.49. The lowest BCUT2D eigenvalue weighted by molar-refractivity contribution is -0.303. The van der Waals surface area contributed by atoms with Crippen molar-refractivity contribution in [2.75, 3.05) is 13.2 Å². The average molecular weight is 971 g/mol. The van der Waals surface area contributed by atoms with E-state index in [-0.39, 0.29) is 6.42 Å². The number of aliphatic hydroxyl groups is 7. The van der Waals surface area contributed by atoms with Crippen molar-refractivity contribution in [3.05, 3.63) is 12.2 Å². The van der Waals surface area contributed by atoms with Crippen LogP contribution in [0.15, 0.2) is 12.2 Å². The van der Waals surface area contributed by atoms with Gasteiger partial charge in [0.25, 0.3) is 0 Å². The van der Waals surface area contributed by atoms with Gasteiger partial charge < -0.3 is 50.5 Å². The number of aliphatic hydroxyl groups excluding tert-OH is 7. The van der Waals surface area contributed by atoms with Crippen LogP contribution in [0.4, 0.5) is 0 Å². The second-order valence-corrected chi connectivity index (χ2v) is 20.7. The molecule has 0 bridgehead atoms. The summed E-state index contributed by atoms with van der Waals surface area (Å²) in [5.74, 6) is -0.697. The van der Waals surface area contributed by atoms with Crippen LogP contribution in [0, 0.1) is 0 Å². The second-order valence-electron chi connectivity index (χ2n) is 20.7. The SMILES string of the molecule is CCCCCCCCCCC/C=C\CCCCCCCCC(O)C(=O)NC(COC1OC(CO)C(O)C(O)C1O)C(O)C(O)CCCCCCCCCCCCCCCCCCCCCCCC. The van der Waals surface area contributed by atoms with Crippen LogP contribution in [0.2, 0.25) is 0 Å². The van der Waals surface area contributed by atoms with Gasteiger partial charge in [-0.15, -0.1) is 0 Å². The van der Waals surface area contributed by atoms with Crippen molar-refractivity contribution in [2.24, 2.45) is 0 Å². The van der Waals surface area contributed by atoms with E-state index in [0.717, 1.165) is 51.4 Å². The van der Waals surface area contributed by atoms with E-state index in [4.69, 9.17) is 9.47 Å². The summed E-state index contributed by atoms with van der Waals surface area (Å²) >= 11 is 0. The van der Waals surface area contributed by atoms with E-state index in [1.807, 2.05) is 0 Å². The number of carbonyl (C=O) groups excluding carboxylic acids is 1. The summed E-state index contributed by atoms with van der Waals surface area (Å²) in [5.41, 5.74) is 0. The zero-order valence-electron chi connectivity index (χ0n) is 44.1. The molecule has 9 unspecified atom stereocenters. The minimum absolute atomic E-state index is 0.256. The summed E-state index contributed by atoms with van der Waals surface area (Å²) in [6, 6.07) is -1.17. The molecule has 1 heterocycles. The van der Waals surface area contributed by atoms with E-state index >= 15 is 0 Å². The van der Waals surface area contributed by atoms with Gasteiger partial charge in [0.05, 0.1) is 25.4 Å². The van der Waals surface area contributed by atoms with Crippen LogP contribution in [0.3, 0.4) is 0 Å². The highest BCUT2D eigenvalue weighted by atomic mass is 16.7. The molecule has 0 aromatic heterocycles. The highest BCUT2D eigenvalue weighted by molar-refractivity contribution is 5.80. The maximum absolute atomic E-state index is 13.2. The lowest BCUT2D eigenvalue weighted by atomic mass is 9.98. The molecule has 0 saturated carbocycles. The van der Waals surface area contributed by atoms with Crippen molar-refractivity contribution in [1.29, 1.82) is 0 Å². The molecule has 0 spiro atoms. The molecule has 8 N–H and O–H groups in total. The van der Waals surface area contributed by atoms with Gasteiger partial charge in [-0.05, 0) is 38.5 Å². The van der Waals surface area contributed by atoms with Gasteiger partial charge >= 0.3 is 0 Å².